The van der Waals surface area contributed by atoms with Crippen molar-refractivity contribution in [3.05, 3.63) is 24.3 Å². The average Bonchev–Trinajstić information content (AvgIpc) is 2.34. The molecule has 0 unspecified atom stereocenters. The molecule has 0 saturated heterocycles. The Morgan fingerprint density at radius 1 is 1.06 bits per heavy atom. The van der Waals surface area contributed by atoms with Gasteiger partial charge in [0.2, 0.25) is 0 Å². The summed E-state index contributed by atoms with van der Waals surface area (Å²) >= 11 is 0. The molecule has 0 spiro atoms. The third kappa shape index (κ3) is 5.03. The van der Waals surface area contributed by atoms with Gasteiger partial charge in [-0.3, -0.25) is 0 Å². The van der Waals surface area contributed by atoms with Gasteiger partial charge < -0.3 is 14.8 Å². The Balaban J connectivity index is 2.12. The maximum absolute atomic E-state index is 5.53. The topological polar surface area (TPSA) is 30.5 Å². The van der Waals surface area contributed by atoms with Gasteiger partial charge in [0.05, 0.1) is 6.61 Å². The molecule has 0 atom stereocenters. The SMILES string of the molecule is CCCCOCCOc1ccc(NC)cc1. The highest BCUT2D eigenvalue weighted by Crippen LogP contribution is 2.14. The van der Waals surface area contributed by atoms with Crippen LogP contribution in [0.1, 0.15) is 19.8 Å². The van der Waals surface area contributed by atoms with Crippen molar-refractivity contribution >= 4 is 5.69 Å². The van der Waals surface area contributed by atoms with Crippen molar-refractivity contribution < 1.29 is 9.47 Å². The fourth-order valence-corrected chi connectivity index (χ4v) is 1.28. The minimum absolute atomic E-state index is 0.614. The summed E-state index contributed by atoms with van der Waals surface area (Å²) in [5, 5.41) is 3.06. The molecular weight excluding hydrogens is 202 g/mol. The first-order valence-electron chi connectivity index (χ1n) is 5.85. The van der Waals surface area contributed by atoms with Crippen LogP contribution < -0.4 is 10.1 Å². The molecule has 1 aromatic carbocycles. The van der Waals surface area contributed by atoms with Gasteiger partial charge >= 0.3 is 0 Å². The number of anilines is 1. The average molecular weight is 223 g/mol. The molecule has 0 bridgehead atoms. The molecule has 0 saturated carbocycles. The highest BCUT2D eigenvalue weighted by atomic mass is 16.5. The van der Waals surface area contributed by atoms with Crippen molar-refractivity contribution in [1.29, 1.82) is 0 Å². The lowest BCUT2D eigenvalue weighted by atomic mass is 10.3. The van der Waals surface area contributed by atoms with Gasteiger partial charge in [0.25, 0.3) is 0 Å². The molecule has 0 fully saturated rings. The van der Waals surface area contributed by atoms with Crippen LogP contribution in [0.15, 0.2) is 24.3 Å². The molecule has 90 valence electrons. The summed E-state index contributed by atoms with van der Waals surface area (Å²) in [5.74, 6) is 0.887. The van der Waals surface area contributed by atoms with E-state index in [4.69, 9.17) is 9.47 Å². The van der Waals surface area contributed by atoms with E-state index in [1.165, 1.54) is 6.42 Å². The summed E-state index contributed by atoms with van der Waals surface area (Å²) in [7, 11) is 1.90. The van der Waals surface area contributed by atoms with Crippen LogP contribution in [0, 0.1) is 0 Å². The first kappa shape index (κ1) is 12.8. The zero-order valence-corrected chi connectivity index (χ0v) is 10.2. The van der Waals surface area contributed by atoms with E-state index >= 15 is 0 Å². The van der Waals surface area contributed by atoms with Crippen molar-refractivity contribution in [1.82, 2.24) is 0 Å². The van der Waals surface area contributed by atoms with E-state index in [1.54, 1.807) is 0 Å². The molecule has 0 aromatic heterocycles. The molecule has 1 aromatic rings. The molecule has 3 heteroatoms. The van der Waals surface area contributed by atoms with Crippen molar-refractivity contribution in [2.75, 3.05) is 32.2 Å². The van der Waals surface area contributed by atoms with Crippen molar-refractivity contribution in [2.45, 2.75) is 19.8 Å². The van der Waals surface area contributed by atoms with Crippen LogP contribution in [0.2, 0.25) is 0 Å². The Bertz CT molecular complexity index is 272. The zero-order chi connectivity index (χ0) is 11.6. The Kier molecular flexibility index (Phi) is 6.42. The number of ether oxygens (including phenoxy) is 2. The quantitative estimate of drug-likeness (QED) is 0.687. The van der Waals surface area contributed by atoms with Crippen LogP contribution in [-0.2, 0) is 4.74 Å². The van der Waals surface area contributed by atoms with Crippen LogP contribution in [0.5, 0.6) is 5.75 Å². The lowest BCUT2D eigenvalue weighted by molar-refractivity contribution is 0.0981. The van der Waals surface area contributed by atoms with Gasteiger partial charge in [0.15, 0.2) is 0 Å². The fraction of sp³-hybridized carbons (Fsp3) is 0.538. The largest absolute Gasteiger partial charge is 0.491 e. The van der Waals surface area contributed by atoms with Gasteiger partial charge in [-0.15, -0.1) is 0 Å². The second kappa shape index (κ2) is 7.99. The number of hydrogen-bond acceptors (Lipinski definition) is 3. The number of hydrogen-bond donors (Lipinski definition) is 1. The van der Waals surface area contributed by atoms with E-state index in [1.807, 2.05) is 31.3 Å². The van der Waals surface area contributed by atoms with Crippen LogP contribution >= 0.6 is 0 Å². The van der Waals surface area contributed by atoms with Gasteiger partial charge in [0, 0.05) is 19.3 Å². The summed E-state index contributed by atoms with van der Waals surface area (Å²) in [6, 6.07) is 7.90. The monoisotopic (exact) mass is 223 g/mol. The van der Waals surface area contributed by atoms with E-state index < -0.39 is 0 Å². The van der Waals surface area contributed by atoms with Gasteiger partial charge in [-0.1, -0.05) is 13.3 Å². The Labute approximate surface area is 97.8 Å². The van der Waals surface area contributed by atoms with Crippen LogP contribution in [0.25, 0.3) is 0 Å². The Morgan fingerprint density at radius 2 is 1.81 bits per heavy atom. The van der Waals surface area contributed by atoms with E-state index in [2.05, 4.69) is 12.2 Å². The first-order valence-corrected chi connectivity index (χ1v) is 5.85. The molecule has 1 N–H and O–H groups in total. The zero-order valence-electron chi connectivity index (χ0n) is 10.2. The number of benzene rings is 1. The Morgan fingerprint density at radius 3 is 2.44 bits per heavy atom. The molecule has 0 amide bonds. The second-order valence-electron chi connectivity index (χ2n) is 3.59. The minimum Gasteiger partial charge on any atom is -0.491 e. The summed E-state index contributed by atoms with van der Waals surface area (Å²) < 4.78 is 10.9. The van der Waals surface area contributed by atoms with Gasteiger partial charge in [0.1, 0.15) is 12.4 Å². The lowest BCUT2D eigenvalue weighted by Crippen LogP contribution is -2.07. The number of unbranched alkanes of at least 4 members (excludes halogenated alkanes) is 1. The highest BCUT2D eigenvalue weighted by Gasteiger charge is 1.94. The molecular formula is C13H21NO2. The first-order chi connectivity index (χ1) is 7.86. The van der Waals surface area contributed by atoms with Crippen molar-refractivity contribution in [3.8, 4) is 5.75 Å². The number of nitrogens with one attached hydrogen (secondary N) is 1. The van der Waals surface area contributed by atoms with Gasteiger partial charge in [-0.05, 0) is 30.7 Å². The smallest absolute Gasteiger partial charge is 0.119 e. The number of rotatable bonds is 8. The van der Waals surface area contributed by atoms with E-state index in [9.17, 15) is 0 Å². The predicted octanol–water partition coefficient (Wildman–Crippen LogP) is 2.92. The fourth-order valence-electron chi connectivity index (χ4n) is 1.28. The third-order valence-corrected chi connectivity index (χ3v) is 2.28. The van der Waals surface area contributed by atoms with Gasteiger partial charge in [-0.25, -0.2) is 0 Å². The summed E-state index contributed by atoms with van der Waals surface area (Å²) in [4.78, 5) is 0. The summed E-state index contributed by atoms with van der Waals surface area (Å²) in [6.45, 7) is 4.26. The molecule has 1 rings (SSSR count). The molecule has 0 aliphatic heterocycles. The lowest BCUT2D eigenvalue weighted by Gasteiger charge is -2.07. The summed E-state index contributed by atoms with van der Waals surface area (Å²) in [6.07, 6.45) is 2.29. The summed E-state index contributed by atoms with van der Waals surface area (Å²) in [5.41, 5.74) is 1.09. The molecule has 0 radical (unpaired) electrons. The second-order valence-corrected chi connectivity index (χ2v) is 3.59. The van der Waals surface area contributed by atoms with Crippen molar-refractivity contribution in [2.24, 2.45) is 0 Å². The van der Waals surface area contributed by atoms with Crippen LogP contribution in [0.3, 0.4) is 0 Å². The normalized spacial score (nSPS) is 10.1. The molecule has 0 aliphatic carbocycles. The maximum atomic E-state index is 5.53. The van der Waals surface area contributed by atoms with Crippen LogP contribution in [0.4, 0.5) is 5.69 Å². The van der Waals surface area contributed by atoms with E-state index in [-0.39, 0.29) is 0 Å². The maximum Gasteiger partial charge on any atom is 0.119 e. The molecule has 3 nitrogen and oxygen atoms in total. The van der Waals surface area contributed by atoms with Crippen molar-refractivity contribution in [3.63, 3.8) is 0 Å². The Hall–Kier alpha value is -1.22. The molecule has 0 aliphatic rings. The molecule has 0 heterocycles. The molecule has 16 heavy (non-hydrogen) atoms. The minimum atomic E-state index is 0.614. The highest BCUT2D eigenvalue weighted by molar-refractivity contribution is 5.45. The predicted molar refractivity (Wildman–Crippen MR) is 67.2 cm³/mol. The standard InChI is InChI=1S/C13H21NO2/c1-3-4-9-15-10-11-16-13-7-5-12(14-2)6-8-13/h5-8,14H,3-4,9-11H2,1-2H3. The van der Waals surface area contributed by atoms with Crippen LogP contribution in [-0.4, -0.2) is 26.9 Å². The van der Waals surface area contributed by atoms with E-state index in [0.717, 1.165) is 24.5 Å². The van der Waals surface area contributed by atoms with E-state index in [0.29, 0.717) is 13.2 Å². The third-order valence-electron chi connectivity index (χ3n) is 2.28. The van der Waals surface area contributed by atoms with Gasteiger partial charge in [-0.2, -0.15) is 0 Å².